The van der Waals surface area contributed by atoms with Crippen molar-refractivity contribution in [2.45, 2.75) is 62.2 Å². The van der Waals surface area contributed by atoms with Crippen molar-refractivity contribution < 1.29 is 13.2 Å². The van der Waals surface area contributed by atoms with E-state index in [2.05, 4.69) is 24.2 Å². The normalized spacial score (nSPS) is 15.8. The van der Waals surface area contributed by atoms with Crippen molar-refractivity contribution >= 4 is 38.9 Å². The first-order valence-corrected chi connectivity index (χ1v) is 14.3. The van der Waals surface area contributed by atoms with Crippen LogP contribution in [-0.4, -0.2) is 56.3 Å². The molecule has 0 spiro atoms. The fourth-order valence-corrected chi connectivity index (χ4v) is 7.13. The second-order valence-electron chi connectivity index (χ2n) is 8.59. The first-order valence-electron chi connectivity index (χ1n) is 11.6. The maximum atomic E-state index is 13.1. The molecule has 0 unspecified atom stereocenters. The molecule has 1 amide bonds. The first kappa shape index (κ1) is 26.2. The summed E-state index contributed by atoms with van der Waals surface area (Å²) in [5.74, 6) is -0.217. The number of rotatable bonds is 11. The van der Waals surface area contributed by atoms with Gasteiger partial charge in [0, 0.05) is 34.6 Å². The Hall–Kier alpha value is -1.45. The Labute approximate surface area is 207 Å². The molecular weight excluding hydrogens is 478 g/mol. The van der Waals surface area contributed by atoms with Crippen LogP contribution in [0.25, 0.3) is 0 Å². The SMILES string of the molecule is CCCCCCN(C)C1CCN(S(=O)(=O)c2ccc(CNC(=O)c3ccc(Cl)cc3)s2)CC1. The van der Waals surface area contributed by atoms with Gasteiger partial charge in [-0.05, 0) is 69.3 Å². The molecular formula is C24H34ClN3O3S2. The molecule has 6 nitrogen and oxygen atoms in total. The molecule has 3 rings (SSSR count). The Kier molecular flexibility index (Phi) is 9.76. The number of nitrogens with zero attached hydrogens (tertiary/aromatic N) is 2. The highest BCUT2D eigenvalue weighted by molar-refractivity contribution is 7.91. The van der Waals surface area contributed by atoms with Crippen molar-refractivity contribution in [1.29, 1.82) is 0 Å². The summed E-state index contributed by atoms with van der Waals surface area (Å²) in [6.45, 7) is 4.67. The number of halogens is 1. The molecule has 2 heterocycles. The summed E-state index contributed by atoms with van der Waals surface area (Å²) in [5, 5.41) is 3.41. The number of thiophene rings is 1. The van der Waals surface area contributed by atoms with Crippen molar-refractivity contribution in [2.24, 2.45) is 0 Å². The largest absolute Gasteiger partial charge is 0.347 e. The van der Waals surface area contributed by atoms with Crippen LogP contribution in [0.5, 0.6) is 0 Å². The lowest BCUT2D eigenvalue weighted by Crippen LogP contribution is -2.45. The highest BCUT2D eigenvalue weighted by Gasteiger charge is 2.31. The lowest BCUT2D eigenvalue weighted by molar-refractivity contribution is 0.0951. The summed E-state index contributed by atoms with van der Waals surface area (Å²) in [6.07, 6.45) is 6.69. The molecule has 0 radical (unpaired) electrons. The third-order valence-corrected chi connectivity index (χ3v) is 9.88. The lowest BCUT2D eigenvalue weighted by Gasteiger charge is -2.36. The minimum atomic E-state index is -3.50. The van der Waals surface area contributed by atoms with E-state index in [-0.39, 0.29) is 12.5 Å². The summed E-state index contributed by atoms with van der Waals surface area (Å²) >= 11 is 7.08. The van der Waals surface area contributed by atoms with Gasteiger partial charge in [0.05, 0.1) is 6.54 Å². The van der Waals surface area contributed by atoms with E-state index >= 15 is 0 Å². The number of nitrogens with one attached hydrogen (secondary N) is 1. The number of benzene rings is 1. The van der Waals surface area contributed by atoms with Gasteiger partial charge in [0.15, 0.2) is 0 Å². The summed E-state index contributed by atoms with van der Waals surface area (Å²) in [4.78, 5) is 15.5. The number of hydrogen-bond acceptors (Lipinski definition) is 5. The van der Waals surface area contributed by atoms with Crippen LogP contribution in [0.2, 0.25) is 5.02 Å². The van der Waals surface area contributed by atoms with E-state index in [4.69, 9.17) is 11.6 Å². The summed E-state index contributed by atoms with van der Waals surface area (Å²) in [5.41, 5.74) is 0.516. The number of carbonyl (C=O) groups is 1. The quantitative estimate of drug-likeness (QED) is 0.431. The zero-order valence-electron chi connectivity index (χ0n) is 19.4. The maximum absolute atomic E-state index is 13.1. The van der Waals surface area contributed by atoms with Crippen LogP contribution in [0.15, 0.2) is 40.6 Å². The average molecular weight is 512 g/mol. The van der Waals surface area contributed by atoms with E-state index in [0.717, 1.165) is 24.3 Å². The van der Waals surface area contributed by atoms with Gasteiger partial charge in [-0.15, -0.1) is 11.3 Å². The number of hydrogen-bond donors (Lipinski definition) is 1. The zero-order valence-corrected chi connectivity index (χ0v) is 21.8. The summed E-state index contributed by atoms with van der Waals surface area (Å²) in [6, 6.07) is 10.5. The Morgan fingerprint density at radius 2 is 1.82 bits per heavy atom. The summed E-state index contributed by atoms with van der Waals surface area (Å²) < 4.78 is 28.2. The van der Waals surface area contributed by atoms with Crippen LogP contribution < -0.4 is 5.32 Å². The average Bonchev–Trinajstić information content (AvgIpc) is 3.31. The number of carbonyl (C=O) groups excluding carboxylic acids is 1. The van der Waals surface area contributed by atoms with Crippen molar-refractivity contribution in [3.63, 3.8) is 0 Å². The Balaban J connectivity index is 1.50. The maximum Gasteiger partial charge on any atom is 0.252 e. The topological polar surface area (TPSA) is 69.7 Å². The van der Waals surface area contributed by atoms with E-state index in [0.29, 0.717) is 33.9 Å². The predicted octanol–water partition coefficient (Wildman–Crippen LogP) is 5.00. The molecule has 1 aromatic heterocycles. The Morgan fingerprint density at radius 1 is 1.12 bits per heavy atom. The standard InChI is InChI=1S/C24H34ClN3O3S2/c1-3-4-5-6-15-27(2)21-13-16-28(17-14-21)33(30,31)23-12-11-22(32-23)18-26-24(29)19-7-9-20(25)10-8-19/h7-12,21H,3-6,13-18H2,1-2H3,(H,26,29). The molecule has 0 aliphatic carbocycles. The van der Waals surface area contributed by atoms with Gasteiger partial charge in [0.1, 0.15) is 4.21 Å². The Bertz CT molecular complexity index is 1000. The number of sulfonamides is 1. The van der Waals surface area contributed by atoms with Gasteiger partial charge in [0.25, 0.3) is 15.9 Å². The lowest BCUT2D eigenvalue weighted by atomic mass is 10.0. The van der Waals surface area contributed by atoms with Gasteiger partial charge in [0.2, 0.25) is 0 Å². The minimum absolute atomic E-state index is 0.217. The van der Waals surface area contributed by atoms with Gasteiger partial charge >= 0.3 is 0 Å². The molecule has 0 atom stereocenters. The van der Waals surface area contributed by atoms with Crippen LogP contribution in [-0.2, 0) is 16.6 Å². The molecule has 1 aromatic carbocycles. The minimum Gasteiger partial charge on any atom is -0.347 e. The molecule has 2 aromatic rings. The summed E-state index contributed by atoms with van der Waals surface area (Å²) in [7, 11) is -1.35. The monoisotopic (exact) mass is 511 g/mol. The third kappa shape index (κ3) is 7.26. The van der Waals surface area contributed by atoms with E-state index in [9.17, 15) is 13.2 Å². The highest BCUT2D eigenvalue weighted by atomic mass is 35.5. The van der Waals surface area contributed by atoms with E-state index in [1.807, 2.05) is 0 Å². The number of unbranched alkanes of at least 4 members (excludes halogenated alkanes) is 3. The molecule has 1 fully saturated rings. The molecule has 0 bridgehead atoms. The second kappa shape index (κ2) is 12.3. The predicted molar refractivity (Wildman–Crippen MR) is 135 cm³/mol. The molecule has 0 saturated carbocycles. The third-order valence-electron chi connectivity index (χ3n) is 6.17. The van der Waals surface area contributed by atoms with E-state index in [1.54, 1.807) is 40.7 Å². The van der Waals surface area contributed by atoms with Gasteiger partial charge in [-0.25, -0.2) is 8.42 Å². The molecule has 1 N–H and O–H groups in total. The molecule has 9 heteroatoms. The van der Waals surface area contributed by atoms with Gasteiger partial charge < -0.3 is 10.2 Å². The second-order valence-corrected chi connectivity index (χ2v) is 12.4. The van der Waals surface area contributed by atoms with Crippen LogP contribution >= 0.6 is 22.9 Å². The van der Waals surface area contributed by atoms with Crippen LogP contribution in [0.4, 0.5) is 0 Å². The highest BCUT2D eigenvalue weighted by Crippen LogP contribution is 2.28. The van der Waals surface area contributed by atoms with E-state index in [1.165, 1.54) is 37.0 Å². The number of amides is 1. The fourth-order valence-electron chi connectivity index (χ4n) is 4.08. The van der Waals surface area contributed by atoms with Crippen molar-refractivity contribution in [2.75, 3.05) is 26.7 Å². The van der Waals surface area contributed by atoms with Crippen molar-refractivity contribution in [1.82, 2.24) is 14.5 Å². The van der Waals surface area contributed by atoms with E-state index < -0.39 is 10.0 Å². The molecule has 182 valence electrons. The van der Waals surface area contributed by atoms with Crippen molar-refractivity contribution in [3.8, 4) is 0 Å². The van der Waals surface area contributed by atoms with Gasteiger partial charge in [-0.2, -0.15) is 4.31 Å². The molecule has 1 saturated heterocycles. The number of piperidine rings is 1. The zero-order chi connectivity index (χ0) is 23.8. The molecule has 33 heavy (non-hydrogen) atoms. The van der Waals surface area contributed by atoms with Crippen molar-refractivity contribution in [3.05, 3.63) is 51.9 Å². The van der Waals surface area contributed by atoms with Crippen LogP contribution in [0.3, 0.4) is 0 Å². The van der Waals surface area contributed by atoms with Gasteiger partial charge in [-0.1, -0.05) is 37.8 Å². The first-order chi connectivity index (χ1) is 15.8. The smallest absolute Gasteiger partial charge is 0.252 e. The molecule has 1 aliphatic heterocycles. The van der Waals surface area contributed by atoms with Gasteiger partial charge in [-0.3, -0.25) is 4.79 Å². The Morgan fingerprint density at radius 3 is 2.48 bits per heavy atom. The molecule has 1 aliphatic rings. The van der Waals surface area contributed by atoms with Crippen LogP contribution in [0, 0.1) is 0 Å². The van der Waals surface area contributed by atoms with Crippen LogP contribution in [0.1, 0.15) is 60.7 Å². The fraction of sp³-hybridized carbons (Fsp3) is 0.542.